The zero-order valence-corrected chi connectivity index (χ0v) is 9.05. The Kier molecular flexibility index (Phi) is 2.91. The molecule has 1 atom stereocenters. The third kappa shape index (κ3) is 2.00. The van der Waals surface area contributed by atoms with E-state index in [0.29, 0.717) is 25.2 Å². The smallest absolute Gasteiger partial charge is 0.137 e. The highest BCUT2D eigenvalue weighted by Gasteiger charge is 2.38. The predicted octanol–water partition coefficient (Wildman–Crippen LogP) is 2.70. The van der Waals surface area contributed by atoms with E-state index in [9.17, 15) is 4.79 Å². The molecular formula is C12H20O2. The fraction of sp³-hybridized carbons (Fsp3) is 0.917. The number of hydrogen-bond donors (Lipinski definition) is 0. The Hall–Kier alpha value is -0.370. The average molecular weight is 196 g/mol. The first kappa shape index (κ1) is 10.2. The molecule has 2 nitrogen and oxygen atoms in total. The summed E-state index contributed by atoms with van der Waals surface area (Å²) in [4.78, 5) is 11.4. The summed E-state index contributed by atoms with van der Waals surface area (Å²) < 4.78 is 5.77. The highest BCUT2D eigenvalue weighted by molar-refractivity contribution is 5.79. The molecule has 1 heterocycles. The molecule has 0 bridgehead atoms. The number of Topliss-reactive ketones (excluding diaryl/α,β-unsaturated/α-hetero) is 1. The van der Waals surface area contributed by atoms with E-state index in [4.69, 9.17) is 4.74 Å². The number of carbonyl (C=O) groups is 1. The quantitative estimate of drug-likeness (QED) is 0.644. The van der Waals surface area contributed by atoms with Gasteiger partial charge in [-0.1, -0.05) is 26.2 Å². The largest absolute Gasteiger partial charge is 0.377 e. The molecule has 0 unspecified atom stereocenters. The third-order valence-electron chi connectivity index (χ3n) is 3.89. The first-order valence-electron chi connectivity index (χ1n) is 5.84. The van der Waals surface area contributed by atoms with Crippen LogP contribution in [-0.4, -0.2) is 18.5 Å². The van der Waals surface area contributed by atoms with Crippen LogP contribution < -0.4 is 0 Å². The van der Waals surface area contributed by atoms with Gasteiger partial charge in [0.05, 0.1) is 12.7 Å². The predicted molar refractivity (Wildman–Crippen MR) is 55.2 cm³/mol. The summed E-state index contributed by atoms with van der Waals surface area (Å²) in [5.41, 5.74) is 0.286. The van der Waals surface area contributed by atoms with Gasteiger partial charge in [-0.2, -0.15) is 0 Å². The van der Waals surface area contributed by atoms with Gasteiger partial charge in [-0.05, 0) is 18.3 Å². The van der Waals surface area contributed by atoms with Crippen LogP contribution in [0.2, 0.25) is 0 Å². The second kappa shape index (κ2) is 4.01. The Morgan fingerprint density at radius 1 is 1.29 bits per heavy atom. The molecule has 0 N–H and O–H groups in total. The Bertz CT molecular complexity index is 216. The second-order valence-corrected chi connectivity index (χ2v) is 5.07. The van der Waals surface area contributed by atoms with Crippen LogP contribution in [0.25, 0.3) is 0 Å². The normalized spacial score (nSPS) is 32.9. The molecule has 1 saturated heterocycles. The number of ketones is 1. The van der Waals surface area contributed by atoms with Crippen molar-refractivity contribution in [1.82, 2.24) is 0 Å². The lowest BCUT2D eigenvalue weighted by Gasteiger charge is -2.41. The molecule has 2 fully saturated rings. The Morgan fingerprint density at radius 2 is 2.00 bits per heavy atom. The van der Waals surface area contributed by atoms with Crippen LogP contribution in [0.5, 0.6) is 0 Å². The molecule has 1 aliphatic heterocycles. The van der Waals surface area contributed by atoms with Gasteiger partial charge in [-0.25, -0.2) is 0 Å². The lowest BCUT2D eigenvalue weighted by molar-refractivity contribution is -0.137. The monoisotopic (exact) mass is 196 g/mol. The minimum absolute atomic E-state index is 0.212. The summed E-state index contributed by atoms with van der Waals surface area (Å²) in [6.45, 7) is 2.95. The van der Waals surface area contributed by atoms with Crippen LogP contribution in [0.4, 0.5) is 0 Å². The van der Waals surface area contributed by atoms with Gasteiger partial charge in [0, 0.05) is 12.8 Å². The van der Waals surface area contributed by atoms with Crippen molar-refractivity contribution in [3.05, 3.63) is 0 Å². The average Bonchev–Trinajstić information content (AvgIpc) is 2.19. The van der Waals surface area contributed by atoms with E-state index in [2.05, 4.69) is 6.92 Å². The summed E-state index contributed by atoms with van der Waals surface area (Å²) in [7, 11) is 0. The van der Waals surface area contributed by atoms with Gasteiger partial charge < -0.3 is 4.74 Å². The second-order valence-electron chi connectivity index (χ2n) is 5.07. The molecule has 2 heteroatoms. The van der Waals surface area contributed by atoms with Gasteiger partial charge in [0.15, 0.2) is 0 Å². The van der Waals surface area contributed by atoms with Crippen LogP contribution in [0.1, 0.15) is 51.9 Å². The molecule has 0 radical (unpaired) electrons. The number of carbonyl (C=O) groups excluding carboxylic acids is 1. The number of ether oxygens (including phenoxy) is 1. The van der Waals surface area contributed by atoms with E-state index in [-0.39, 0.29) is 11.5 Å². The number of rotatable bonds is 1. The fourth-order valence-electron chi connectivity index (χ4n) is 2.81. The van der Waals surface area contributed by atoms with Gasteiger partial charge in [0.25, 0.3) is 0 Å². The van der Waals surface area contributed by atoms with Gasteiger partial charge in [0.2, 0.25) is 0 Å². The lowest BCUT2D eigenvalue weighted by atomic mass is 9.70. The van der Waals surface area contributed by atoms with E-state index in [1.165, 1.54) is 32.1 Å². The maximum atomic E-state index is 11.4. The molecule has 80 valence electrons. The topological polar surface area (TPSA) is 26.3 Å². The van der Waals surface area contributed by atoms with Crippen molar-refractivity contribution >= 4 is 5.78 Å². The third-order valence-corrected chi connectivity index (χ3v) is 3.89. The maximum absolute atomic E-state index is 11.4. The van der Waals surface area contributed by atoms with E-state index < -0.39 is 0 Å². The molecule has 14 heavy (non-hydrogen) atoms. The fourth-order valence-corrected chi connectivity index (χ4v) is 2.81. The van der Waals surface area contributed by atoms with Crippen molar-refractivity contribution in [2.45, 2.75) is 58.0 Å². The maximum Gasteiger partial charge on any atom is 0.137 e. The molecule has 0 spiro atoms. The lowest BCUT2D eigenvalue weighted by Crippen LogP contribution is -2.41. The van der Waals surface area contributed by atoms with Gasteiger partial charge >= 0.3 is 0 Å². The molecule has 0 amide bonds. The first-order valence-corrected chi connectivity index (χ1v) is 5.84. The highest BCUT2D eigenvalue weighted by atomic mass is 16.5. The molecule has 1 saturated carbocycles. The molecule has 2 rings (SSSR count). The molecule has 1 aliphatic carbocycles. The summed E-state index contributed by atoms with van der Waals surface area (Å²) >= 11 is 0. The molecule has 0 aromatic heterocycles. The van der Waals surface area contributed by atoms with Gasteiger partial charge in [-0.3, -0.25) is 4.79 Å². The molecule has 0 aromatic rings. The van der Waals surface area contributed by atoms with Crippen molar-refractivity contribution in [2.24, 2.45) is 5.41 Å². The van der Waals surface area contributed by atoms with Crippen LogP contribution in [-0.2, 0) is 9.53 Å². The molecular weight excluding hydrogens is 176 g/mol. The van der Waals surface area contributed by atoms with Crippen molar-refractivity contribution in [3.63, 3.8) is 0 Å². The summed E-state index contributed by atoms with van der Waals surface area (Å²) in [6.07, 6.45) is 7.97. The van der Waals surface area contributed by atoms with E-state index >= 15 is 0 Å². The minimum atomic E-state index is 0.212. The zero-order chi connectivity index (χ0) is 10.0. The van der Waals surface area contributed by atoms with Crippen LogP contribution in [0.3, 0.4) is 0 Å². The van der Waals surface area contributed by atoms with Crippen molar-refractivity contribution < 1.29 is 9.53 Å². The SMILES string of the molecule is CC1([C@@H]2CC(=O)CCO2)CCCCC1. The summed E-state index contributed by atoms with van der Waals surface area (Å²) in [5.74, 6) is 0.396. The van der Waals surface area contributed by atoms with Crippen molar-refractivity contribution in [1.29, 1.82) is 0 Å². The molecule has 0 aromatic carbocycles. The summed E-state index contributed by atoms with van der Waals surface area (Å²) in [6, 6.07) is 0. The van der Waals surface area contributed by atoms with Crippen LogP contribution >= 0.6 is 0 Å². The van der Waals surface area contributed by atoms with Crippen molar-refractivity contribution in [2.75, 3.05) is 6.61 Å². The molecule has 2 aliphatic rings. The van der Waals surface area contributed by atoms with Crippen molar-refractivity contribution in [3.8, 4) is 0 Å². The zero-order valence-electron chi connectivity index (χ0n) is 9.05. The Labute approximate surface area is 86.0 Å². The first-order chi connectivity index (χ1) is 6.71. The van der Waals surface area contributed by atoms with Gasteiger partial charge in [0.1, 0.15) is 5.78 Å². The van der Waals surface area contributed by atoms with Crippen LogP contribution in [0.15, 0.2) is 0 Å². The van der Waals surface area contributed by atoms with Gasteiger partial charge in [-0.15, -0.1) is 0 Å². The highest BCUT2D eigenvalue weighted by Crippen LogP contribution is 2.42. The van der Waals surface area contributed by atoms with E-state index in [1.807, 2.05) is 0 Å². The number of hydrogen-bond acceptors (Lipinski definition) is 2. The van der Waals surface area contributed by atoms with E-state index in [1.54, 1.807) is 0 Å². The van der Waals surface area contributed by atoms with E-state index in [0.717, 1.165) is 0 Å². The minimum Gasteiger partial charge on any atom is -0.377 e. The Balaban J connectivity index is 2.00. The van der Waals surface area contributed by atoms with Crippen LogP contribution in [0, 0.1) is 5.41 Å². The standard InChI is InChI=1S/C12H20O2/c1-12(6-3-2-4-7-12)11-9-10(13)5-8-14-11/h11H,2-9H2,1H3/t11-/m0/s1. The summed E-state index contributed by atoms with van der Waals surface area (Å²) in [5, 5.41) is 0. The Morgan fingerprint density at radius 3 is 2.64 bits per heavy atom.